The monoisotopic (exact) mass is 356 g/mol. The van der Waals surface area contributed by atoms with E-state index < -0.39 is 0 Å². The van der Waals surface area contributed by atoms with Gasteiger partial charge in [0.15, 0.2) is 11.6 Å². The summed E-state index contributed by atoms with van der Waals surface area (Å²) in [6.45, 7) is 2.64. The first-order valence-electron chi connectivity index (χ1n) is 8.16. The van der Waals surface area contributed by atoms with E-state index in [1.165, 1.54) is 0 Å². The highest BCUT2D eigenvalue weighted by Gasteiger charge is 2.25. The van der Waals surface area contributed by atoms with E-state index in [2.05, 4.69) is 15.1 Å². The van der Waals surface area contributed by atoms with E-state index in [1.807, 2.05) is 25.1 Å². The number of hydrogen-bond donors (Lipinski definition) is 1. The molecule has 7 heteroatoms. The summed E-state index contributed by atoms with van der Waals surface area (Å²) in [5, 5.41) is 5.32. The molecule has 0 saturated carbocycles. The number of aromatic amines is 1. The van der Waals surface area contributed by atoms with E-state index in [9.17, 15) is 4.79 Å². The average molecular weight is 357 g/mol. The number of aromatic nitrogens is 4. The molecule has 0 bridgehead atoms. The highest BCUT2D eigenvalue weighted by molar-refractivity contribution is 6.31. The van der Waals surface area contributed by atoms with Crippen molar-refractivity contribution in [3.05, 3.63) is 63.3 Å². The minimum atomic E-state index is -0.208. The lowest BCUT2D eigenvalue weighted by Crippen LogP contribution is -2.11. The molecule has 4 rings (SSSR count). The van der Waals surface area contributed by atoms with Gasteiger partial charge in [-0.2, -0.15) is 0 Å². The number of nitrogens with one attached hydrogen (secondary N) is 1. The Morgan fingerprint density at radius 2 is 2.24 bits per heavy atom. The van der Waals surface area contributed by atoms with Crippen LogP contribution >= 0.6 is 11.6 Å². The fourth-order valence-electron chi connectivity index (χ4n) is 2.96. The Kier molecular flexibility index (Phi) is 4.15. The standard InChI is InChI=1S/C18H17ClN4O2/c1-11-10-12(6-7-14(11)19)23-17(13-4-2-8-20-18(13)24)21-16(22-23)15-5-3-9-25-15/h2,4,6-8,10,15H,3,5,9H2,1H3,(H,20,24). The molecule has 0 aliphatic carbocycles. The minimum Gasteiger partial charge on any atom is -0.370 e. The third-order valence-electron chi connectivity index (χ3n) is 4.29. The summed E-state index contributed by atoms with van der Waals surface area (Å²) < 4.78 is 7.39. The molecule has 1 unspecified atom stereocenters. The minimum absolute atomic E-state index is 0.129. The highest BCUT2D eigenvalue weighted by atomic mass is 35.5. The van der Waals surface area contributed by atoms with Crippen molar-refractivity contribution in [1.82, 2.24) is 19.7 Å². The summed E-state index contributed by atoms with van der Waals surface area (Å²) in [5.74, 6) is 1.09. The maximum Gasteiger partial charge on any atom is 0.259 e. The highest BCUT2D eigenvalue weighted by Crippen LogP contribution is 2.29. The van der Waals surface area contributed by atoms with Crippen LogP contribution in [0.15, 0.2) is 41.3 Å². The fraction of sp³-hybridized carbons (Fsp3) is 0.278. The van der Waals surface area contributed by atoms with Crippen molar-refractivity contribution in [3.8, 4) is 17.1 Å². The Hall–Kier alpha value is -2.44. The summed E-state index contributed by atoms with van der Waals surface area (Å²) in [4.78, 5) is 19.6. The van der Waals surface area contributed by atoms with Gasteiger partial charge < -0.3 is 9.72 Å². The van der Waals surface area contributed by atoms with Crippen molar-refractivity contribution in [2.24, 2.45) is 0 Å². The quantitative estimate of drug-likeness (QED) is 0.780. The van der Waals surface area contributed by atoms with Gasteiger partial charge in [-0.15, -0.1) is 5.10 Å². The predicted octanol–water partition coefficient (Wildman–Crippen LogP) is 3.44. The Bertz CT molecular complexity index is 973. The van der Waals surface area contributed by atoms with Gasteiger partial charge in [-0.3, -0.25) is 4.79 Å². The molecule has 1 saturated heterocycles. The molecule has 2 aromatic heterocycles. The molecular formula is C18H17ClN4O2. The van der Waals surface area contributed by atoms with Crippen molar-refractivity contribution in [2.45, 2.75) is 25.9 Å². The van der Waals surface area contributed by atoms with Gasteiger partial charge in [0.25, 0.3) is 5.56 Å². The summed E-state index contributed by atoms with van der Waals surface area (Å²) in [6, 6.07) is 9.12. The van der Waals surface area contributed by atoms with Crippen molar-refractivity contribution < 1.29 is 4.74 Å². The molecule has 1 aromatic carbocycles. The van der Waals surface area contributed by atoms with Crippen LogP contribution in [0.1, 0.15) is 30.3 Å². The number of nitrogens with zero attached hydrogens (tertiary/aromatic N) is 3. The van der Waals surface area contributed by atoms with Gasteiger partial charge in [-0.25, -0.2) is 9.67 Å². The summed E-state index contributed by atoms with van der Waals surface area (Å²) in [5.41, 5.74) is 1.99. The first kappa shape index (κ1) is 16.1. The molecular weight excluding hydrogens is 340 g/mol. The van der Waals surface area contributed by atoms with Gasteiger partial charge in [0.2, 0.25) is 0 Å². The molecule has 0 amide bonds. The van der Waals surface area contributed by atoms with E-state index in [0.717, 1.165) is 24.1 Å². The number of rotatable bonds is 3. The van der Waals surface area contributed by atoms with Crippen LogP contribution in [0.3, 0.4) is 0 Å². The number of pyridine rings is 1. The van der Waals surface area contributed by atoms with Crippen LogP contribution in [0.2, 0.25) is 5.02 Å². The van der Waals surface area contributed by atoms with Crippen molar-refractivity contribution >= 4 is 11.6 Å². The van der Waals surface area contributed by atoms with E-state index in [4.69, 9.17) is 16.3 Å². The Morgan fingerprint density at radius 1 is 1.36 bits per heavy atom. The van der Waals surface area contributed by atoms with Crippen LogP contribution < -0.4 is 5.56 Å². The first-order valence-corrected chi connectivity index (χ1v) is 8.54. The summed E-state index contributed by atoms with van der Waals surface area (Å²) >= 11 is 6.14. The molecule has 0 radical (unpaired) electrons. The summed E-state index contributed by atoms with van der Waals surface area (Å²) in [7, 11) is 0. The van der Waals surface area contributed by atoms with Crippen LogP contribution in [0.25, 0.3) is 17.1 Å². The largest absolute Gasteiger partial charge is 0.370 e. The molecule has 128 valence electrons. The number of H-pyrrole nitrogens is 1. The van der Waals surface area contributed by atoms with Crippen LogP contribution in [0.5, 0.6) is 0 Å². The second-order valence-electron chi connectivity index (χ2n) is 6.05. The molecule has 1 fully saturated rings. The number of benzene rings is 1. The van der Waals surface area contributed by atoms with Crippen LogP contribution in [-0.2, 0) is 4.74 Å². The average Bonchev–Trinajstić information content (AvgIpc) is 3.27. The number of hydrogen-bond acceptors (Lipinski definition) is 4. The molecule has 1 N–H and O–H groups in total. The summed E-state index contributed by atoms with van der Waals surface area (Å²) in [6.07, 6.45) is 3.34. The van der Waals surface area contributed by atoms with Crippen molar-refractivity contribution in [3.63, 3.8) is 0 Å². The third-order valence-corrected chi connectivity index (χ3v) is 4.71. The zero-order valence-corrected chi connectivity index (χ0v) is 14.5. The lowest BCUT2D eigenvalue weighted by Gasteiger charge is -2.07. The number of aryl methyl sites for hydroxylation is 1. The predicted molar refractivity (Wildman–Crippen MR) is 95.1 cm³/mol. The van der Waals surface area contributed by atoms with Gasteiger partial charge in [-0.1, -0.05) is 11.6 Å². The lowest BCUT2D eigenvalue weighted by atomic mass is 10.2. The number of halogens is 1. The Balaban J connectivity index is 1.90. The van der Waals surface area contributed by atoms with Gasteiger partial charge >= 0.3 is 0 Å². The molecule has 1 aliphatic rings. The smallest absolute Gasteiger partial charge is 0.259 e. The maximum atomic E-state index is 12.3. The fourth-order valence-corrected chi connectivity index (χ4v) is 3.08. The van der Waals surface area contributed by atoms with E-state index in [0.29, 0.717) is 28.8 Å². The number of ether oxygens (including phenoxy) is 1. The molecule has 0 spiro atoms. The SMILES string of the molecule is Cc1cc(-n2nc(C3CCCO3)nc2-c2ccc[nH]c2=O)ccc1Cl. The maximum absolute atomic E-state index is 12.3. The zero-order valence-electron chi connectivity index (χ0n) is 13.7. The topological polar surface area (TPSA) is 72.8 Å². The molecule has 1 aliphatic heterocycles. The van der Waals surface area contributed by atoms with E-state index in [-0.39, 0.29) is 11.7 Å². The molecule has 1 atom stereocenters. The van der Waals surface area contributed by atoms with Crippen molar-refractivity contribution in [1.29, 1.82) is 0 Å². The molecule has 25 heavy (non-hydrogen) atoms. The Morgan fingerprint density at radius 3 is 2.96 bits per heavy atom. The Labute approximate surface area is 149 Å². The van der Waals surface area contributed by atoms with Crippen molar-refractivity contribution in [2.75, 3.05) is 6.61 Å². The molecule has 6 nitrogen and oxygen atoms in total. The van der Waals surface area contributed by atoms with Gasteiger partial charge in [0.05, 0.1) is 11.3 Å². The first-order chi connectivity index (χ1) is 12.1. The van der Waals surface area contributed by atoms with E-state index in [1.54, 1.807) is 23.0 Å². The van der Waals surface area contributed by atoms with Gasteiger partial charge in [0, 0.05) is 17.8 Å². The molecule has 3 heterocycles. The van der Waals surface area contributed by atoms with Gasteiger partial charge in [0.1, 0.15) is 6.10 Å². The second-order valence-corrected chi connectivity index (χ2v) is 6.46. The zero-order chi connectivity index (χ0) is 17.4. The van der Waals surface area contributed by atoms with Crippen LogP contribution in [-0.4, -0.2) is 26.4 Å². The van der Waals surface area contributed by atoms with Crippen LogP contribution in [0, 0.1) is 6.92 Å². The second kappa shape index (κ2) is 6.46. The van der Waals surface area contributed by atoms with Crippen LogP contribution in [0.4, 0.5) is 0 Å². The van der Waals surface area contributed by atoms with E-state index >= 15 is 0 Å². The molecule has 3 aromatic rings. The third kappa shape index (κ3) is 2.99. The lowest BCUT2D eigenvalue weighted by molar-refractivity contribution is 0.105. The van der Waals surface area contributed by atoms with Gasteiger partial charge in [-0.05, 0) is 55.7 Å². The normalized spacial score (nSPS) is 17.1.